The van der Waals surface area contributed by atoms with E-state index in [9.17, 15) is 14.7 Å². The Morgan fingerprint density at radius 1 is 1.34 bits per heavy atom. The normalized spacial score (nSPS) is 15.7. The van der Waals surface area contributed by atoms with Gasteiger partial charge >= 0.3 is 0 Å². The Hall–Kier alpha value is -2.97. The van der Waals surface area contributed by atoms with Crippen molar-refractivity contribution in [2.24, 2.45) is 5.73 Å². The van der Waals surface area contributed by atoms with E-state index in [1.807, 2.05) is 24.1 Å². The molecule has 2 rings (SSSR count). The summed E-state index contributed by atoms with van der Waals surface area (Å²) in [7, 11) is 0. The summed E-state index contributed by atoms with van der Waals surface area (Å²) in [6.07, 6.45) is 9.07. The molecule has 2 amide bonds. The highest BCUT2D eigenvalue weighted by Gasteiger charge is 2.21. The fourth-order valence-corrected chi connectivity index (χ4v) is 4.35. The maximum absolute atomic E-state index is 11.6. The van der Waals surface area contributed by atoms with Crippen LogP contribution in [0.4, 0.5) is 5.82 Å². The third kappa shape index (κ3) is 8.96. The van der Waals surface area contributed by atoms with Gasteiger partial charge in [-0.25, -0.2) is 4.98 Å². The second-order valence-electron chi connectivity index (χ2n) is 9.13. The maximum atomic E-state index is 11.6. The van der Waals surface area contributed by atoms with E-state index in [2.05, 4.69) is 23.5 Å². The van der Waals surface area contributed by atoms with Crippen LogP contribution in [-0.2, 0) is 16.0 Å². The highest BCUT2D eigenvalue weighted by Crippen LogP contribution is 2.19. The minimum absolute atomic E-state index is 0.130. The number of pyridine rings is 1. The number of aliphatic hydroxyl groups is 1. The quantitative estimate of drug-likeness (QED) is 0.277. The Bertz CT molecular complexity index is 906. The van der Waals surface area contributed by atoms with Crippen molar-refractivity contribution in [2.75, 3.05) is 38.0 Å². The van der Waals surface area contributed by atoms with Crippen molar-refractivity contribution < 1.29 is 14.7 Å². The molecule has 0 aromatic carbocycles. The second kappa shape index (κ2) is 14.4. The Morgan fingerprint density at radius 2 is 2.03 bits per heavy atom. The van der Waals surface area contributed by atoms with Crippen LogP contribution in [0.3, 0.4) is 0 Å². The lowest BCUT2D eigenvalue weighted by Gasteiger charge is -2.32. The molecule has 1 aliphatic heterocycles. The van der Waals surface area contributed by atoms with Crippen LogP contribution in [0.25, 0.3) is 0 Å². The van der Waals surface area contributed by atoms with E-state index in [1.54, 1.807) is 24.0 Å². The molecular weight excluding hydrogens is 442 g/mol. The molecule has 192 valence electrons. The minimum atomic E-state index is -0.640. The number of hydrogen-bond acceptors (Lipinski definition) is 6. The summed E-state index contributed by atoms with van der Waals surface area (Å²) in [5, 5.41) is 13.9. The third-order valence-electron chi connectivity index (χ3n) is 6.65. The molecule has 8 heteroatoms. The molecule has 0 spiro atoms. The predicted octanol–water partition coefficient (Wildman–Crippen LogP) is 2.58. The van der Waals surface area contributed by atoms with Crippen LogP contribution in [0, 0.1) is 6.92 Å². The zero-order valence-corrected chi connectivity index (χ0v) is 21.2. The van der Waals surface area contributed by atoms with Crippen molar-refractivity contribution in [2.45, 2.75) is 58.1 Å². The fourth-order valence-electron chi connectivity index (χ4n) is 4.35. The SMILES string of the molecule is C=C/C(CN)=C(\C=C)CCC(O)CN(C=O)CCc1cnc(NC2CCN(C(C)=O)CC2)cc1C. The third-order valence-corrected chi connectivity index (χ3v) is 6.65. The molecule has 4 N–H and O–H groups in total. The molecule has 35 heavy (non-hydrogen) atoms. The van der Waals surface area contributed by atoms with Gasteiger partial charge < -0.3 is 26.0 Å². The molecule has 1 aromatic rings. The summed E-state index contributed by atoms with van der Waals surface area (Å²) >= 11 is 0. The number of hydrogen-bond donors (Lipinski definition) is 3. The van der Waals surface area contributed by atoms with Gasteiger partial charge in [0.25, 0.3) is 0 Å². The number of amides is 2. The molecule has 1 saturated heterocycles. The summed E-state index contributed by atoms with van der Waals surface area (Å²) in [5.74, 6) is 0.961. The number of carbonyl (C=O) groups is 2. The Kier molecular flexibility index (Phi) is 11.7. The average molecular weight is 484 g/mol. The molecule has 8 nitrogen and oxygen atoms in total. The van der Waals surface area contributed by atoms with E-state index in [-0.39, 0.29) is 12.5 Å². The van der Waals surface area contributed by atoms with E-state index in [4.69, 9.17) is 5.73 Å². The number of likely N-dealkylation sites (tertiary alicyclic amines) is 1. The van der Waals surface area contributed by atoms with Gasteiger partial charge in [0.1, 0.15) is 5.82 Å². The monoisotopic (exact) mass is 483 g/mol. The van der Waals surface area contributed by atoms with Gasteiger partial charge in [-0.3, -0.25) is 9.59 Å². The highest BCUT2D eigenvalue weighted by molar-refractivity contribution is 5.73. The molecule has 0 radical (unpaired) electrons. The Balaban J connectivity index is 1.84. The van der Waals surface area contributed by atoms with E-state index < -0.39 is 6.10 Å². The van der Waals surface area contributed by atoms with Gasteiger partial charge in [-0.05, 0) is 67.4 Å². The lowest BCUT2D eigenvalue weighted by molar-refractivity contribution is -0.129. The van der Waals surface area contributed by atoms with E-state index >= 15 is 0 Å². The number of piperidine rings is 1. The van der Waals surface area contributed by atoms with Gasteiger partial charge in [0, 0.05) is 51.9 Å². The number of nitrogens with one attached hydrogen (secondary N) is 1. The van der Waals surface area contributed by atoms with Crippen LogP contribution in [0.5, 0.6) is 0 Å². The number of allylic oxidation sites excluding steroid dienone is 2. The van der Waals surface area contributed by atoms with Crippen molar-refractivity contribution >= 4 is 18.1 Å². The average Bonchev–Trinajstić information content (AvgIpc) is 2.85. The zero-order valence-electron chi connectivity index (χ0n) is 21.2. The summed E-state index contributed by atoms with van der Waals surface area (Å²) < 4.78 is 0. The Labute approximate surface area is 209 Å². The van der Waals surface area contributed by atoms with Crippen LogP contribution in [0.1, 0.15) is 43.7 Å². The summed E-state index contributed by atoms with van der Waals surface area (Å²) in [4.78, 5) is 31.1. The number of nitrogens with two attached hydrogens (primary N) is 1. The van der Waals surface area contributed by atoms with Crippen LogP contribution in [0.2, 0.25) is 0 Å². The molecular formula is C27H41N5O3. The first-order valence-electron chi connectivity index (χ1n) is 12.3. The lowest BCUT2D eigenvalue weighted by atomic mass is 10.0. The zero-order chi connectivity index (χ0) is 25.8. The number of rotatable bonds is 14. The molecule has 1 unspecified atom stereocenters. The van der Waals surface area contributed by atoms with Gasteiger partial charge in [0.2, 0.25) is 12.3 Å². The standard InChI is InChI=1S/C27H41N5O3/c1-5-22(23(6-2)16-28)7-8-26(35)18-31(19-33)12-9-24-17-29-27(15-20(24)3)30-25-10-13-32(14-11-25)21(4)34/h5-6,15,17,19,25-26,35H,1-2,7-14,16,18,28H2,3-4H3,(H,29,30)/b23-22-. The molecule has 1 atom stereocenters. The molecule has 0 saturated carbocycles. The van der Waals surface area contributed by atoms with Crippen molar-refractivity contribution in [1.82, 2.24) is 14.8 Å². The number of nitrogens with zero attached hydrogens (tertiary/aromatic N) is 3. The van der Waals surface area contributed by atoms with E-state index in [0.29, 0.717) is 38.4 Å². The molecule has 1 aliphatic rings. The molecule has 0 bridgehead atoms. The number of aryl methyl sites for hydroxylation is 1. The first kappa shape index (κ1) is 28.3. The summed E-state index contributed by atoms with van der Waals surface area (Å²) in [5.41, 5.74) is 9.79. The first-order valence-corrected chi connectivity index (χ1v) is 12.3. The van der Waals surface area contributed by atoms with E-state index in [1.165, 1.54) is 0 Å². The van der Waals surface area contributed by atoms with Gasteiger partial charge in [-0.2, -0.15) is 0 Å². The summed E-state index contributed by atoms with van der Waals surface area (Å²) in [6, 6.07) is 2.34. The number of anilines is 1. The number of aliphatic hydroxyl groups excluding tert-OH is 1. The molecule has 0 aliphatic carbocycles. The van der Waals surface area contributed by atoms with Gasteiger partial charge in [0.15, 0.2) is 0 Å². The minimum Gasteiger partial charge on any atom is -0.391 e. The molecule has 1 fully saturated rings. The topological polar surface area (TPSA) is 112 Å². The van der Waals surface area contributed by atoms with Crippen LogP contribution in [-0.4, -0.2) is 77.1 Å². The van der Waals surface area contributed by atoms with Crippen molar-refractivity contribution in [3.63, 3.8) is 0 Å². The molecule has 1 aromatic heterocycles. The van der Waals surface area contributed by atoms with E-state index in [0.717, 1.165) is 60.4 Å². The van der Waals surface area contributed by atoms with Crippen molar-refractivity contribution in [1.29, 1.82) is 0 Å². The Morgan fingerprint density at radius 3 is 2.57 bits per heavy atom. The second-order valence-corrected chi connectivity index (χ2v) is 9.13. The van der Waals surface area contributed by atoms with Crippen LogP contribution in [0.15, 0.2) is 48.7 Å². The van der Waals surface area contributed by atoms with Gasteiger partial charge in [-0.1, -0.05) is 25.3 Å². The smallest absolute Gasteiger partial charge is 0.219 e. The molecule has 2 heterocycles. The van der Waals surface area contributed by atoms with Gasteiger partial charge in [-0.15, -0.1) is 0 Å². The van der Waals surface area contributed by atoms with Crippen molar-refractivity contribution in [3.05, 3.63) is 59.8 Å². The summed E-state index contributed by atoms with van der Waals surface area (Å²) in [6.45, 7) is 13.9. The number of aromatic nitrogens is 1. The van der Waals surface area contributed by atoms with Crippen LogP contribution < -0.4 is 11.1 Å². The lowest BCUT2D eigenvalue weighted by Crippen LogP contribution is -2.41. The first-order chi connectivity index (χ1) is 16.8. The van der Waals surface area contributed by atoms with Gasteiger partial charge in [0.05, 0.1) is 6.10 Å². The maximum Gasteiger partial charge on any atom is 0.219 e. The fraction of sp³-hybridized carbons (Fsp3) is 0.519. The van der Waals surface area contributed by atoms with Crippen molar-refractivity contribution in [3.8, 4) is 0 Å². The largest absolute Gasteiger partial charge is 0.391 e. The number of carbonyl (C=O) groups excluding carboxylic acids is 2. The highest BCUT2D eigenvalue weighted by atomic mass is 16.3. The predicted molar refractivity (Wildman–Crippen MR) is 141 cm³/mol. The van der Waals surface area contributed by atoms with Crippen LogP contribution >= 0.6 is 0 Å².